The molecule has 10 rings (SSSR count). The van der Waals surface area contributed by atoms with E-state index < -0.39 is 36.2 Å². The van der Waals surface area contributed by atoms with E-state index in [9.17, 15) is 37.4 Å². The molecule has 2 aliphatic carbocycles. The van der Waals surface area contributed by atoms with Gasteiger partial charge in [-0.2, -0.15) is 17.6 Å². The Labute approximate surface area is 389 Å². The molecular weight excluding hydrogens is 952 g/mol. The molecule has 4 aliphatic rings. The van der Waals surface area contributed by atoms with Crippen molar-refractivity contribution >= 4 is 39.0 Å². The number of carbonyl (C=O) groups excluding carboxylic acids is 2. The summed E-state index contributed by atoms with van der Waals surface area (Å²) in [5, 5.41) is 26.6. The van der Waals surface area contributed by atoms with Crippen molar-refractivity contribution in [1.82, 2.24) is 29.4 Å². The molecule has 6 heterocycles. The molecule has 0 radical (unpaired) electrons. The van der Waals surface area contributed by atoms with Gasteiger partial charge in [-0.1, -0.05) is 15.9 Å². The molecule has 2 saturated carbocycles. The van der Waals surface area contributed by atoms with Crippen molar-refractivity contribution in [3.63, 3.8) is 0 Å². The maximum absolute atomic E-state index is 13.2. The highest BCUT2D eigenvalue weighted by Gasteiger charge is 2.36. The smallest absolute Gasteiger partial charge is 0.387 e. The lowest BCUT2D eigenvalue weighted by Crippen LogP contribution is -2.26. The normalized spacial score (nSPS) is 20.0. The number of carbonyl (C=O) groups is 2. The fraction of sp³-hybridized carbons (Fsp3) is 0.391. The van der Waals surface area contributed by atoms with Crippen LogP contribution in [0, 0.1) is 0 Å². The number of hydrogen-bond acceptors (Lipinski definition) is 12. The highest BCUT2D eigenvalue weighted by molar-refractivity contribution is 9.10. The van der Waals surface area contributed by atoms with Crippen LogP contribution in [-0.2, 0) is 20.7 Å². The largest absolute Gasteiger partial charge is 0.496 e. The fourth-order valence-corrected chi connectivity index (χ4v) is 8.08. The average molecular weight is 1000 g/mol. The van der Waals surface area contributed by atoms with Crippen LogP contribution in [0.4, 0.5) is 17.6 Å². The molecule has 2 atom stereocenters. The van der Waals surface area contributed by atoms with Crippen LogP contribution in [0.3, 0.4) is 0 Å². The van der Waals surface area contributed by atoms with Gasteiger partial charge in [0.1, 0.15) is 56.6 Å². The van der Waals surface area contributed by atoms with Crippen LogP contribution in [0.25, 0.3) is 22.6 Å². The molecule has 4 fully saturated rings. The first kappa shape index (κ1) is 47.5. The quantitative estimate of drug-likeness (QED) is 0.0869. The number of aromatic nitrogens is 4. The van der Waals surface area contributed by atoms with E-state index in [2.05, 4.69) is 41.3 Å². The number of pyridine rings is 2. The number of halogens is 5. The van der Waals surface area contributed by atoms with Gasteiger partial charge >= 0.3 is 13.2 Å². The van der Waals surface area contributed by atoms with Crippen LogP contribution < -0.4 is 29.6 Å². The van der Waals surface area contributed by atoms with Crippen LogP contribution in [0.15, 0.2) is 84.0 Å². The number of amides is 2. The van der Waals surface area contributed by atoms with E-state index >= 15 is 0 Å². The molecule has 21 heteroatoms. The first-order chi connectivity index (χ1) is 32.2. The summed E-state index contributed by atoms with van der Waals surface area (Å²) in [6.07, 6.45) is 13.5. The number of imidazole rings is 2. The van der Waals surface area contributed by atoms with Gasteiger partial charge in [0.05, 0.1) is 39.3 Å². The van der Waals surface area contributed by atoms with E-state index in [0.29, 0.717) is 59.6 Å². The lowest BCUT2D eigenvalue weighted by molar-refractivity contribution is -0.0510. The molecule has 4 aromatic heterocycles. The maximum atomic E-state index is 13.2. The number of nitrogens with zero attached hydrogens (tertiary/aromatic N) is 4. The van der Waals surface area contributed by atoms with Crippen LogP contribution >= 0.6 is 15.9 Å². The second-order valence-corrected chi connectivity index (χ2v) is 17.3. The number of nitrogens with one attached hydrogen (secondary N) is 2. The van der Waals surface area contributed by atoms with E-state index in [1.54, 1.807) is 41.2 Å². The van der Waals surface area contributed by atoms with Crippen LogP contribution in [0.1, 0.15) is 70.4 Å². The fourth-order valence-electron chi connectivity index (χ4n) is 7.66. The lowest BCUT2D eigenvalue weighted by Gasteiger charge is -2.21. The number of benzene rings is 2. The molecule has 0 spiro atoms. The topological polar surface area (TPSA) is 189 Å². The monoisotopic (exact) mass is 998 g/mol. The van der Waals surface area contributed by atoms with Gasteiger partial charge in [-0.05, 0) is 85.3 Å². The van der Waals surface area contributed by atoms with Crippen LogP contribution in [0.2, 0.25) is 0 Å². The molecule has 2 unspecified atom stereocenters. The third-order valence-electron chi connectivity index (χ3n) is 11.5. The Morgan fingerprint density at radius 2 is 1.24 bits per heavy atom. The van der Waals surface area contributed by atoms with Gasteiger partial charge in [0.25, 0.3) is 11.8 Å². The van der Waals surface area contributed by atoms with Crippen molar-refractivity contribution in [3.8, 4) is 34.3 Å². The molecular formula is C46H47BrF4N6O10. The molecule has 356 valence electrons. The summed E-state index contributed by atoms with van der Waals surface area (Å²) < 4.78 is 85.4. The third kappa shape index (κ3) is 11.1. The summed E-state index contributed by atoms with van der Waals surface area (Å²) in [4.78, 5) is 33.4. The molecule has 2 aromatic carbocycles. The number of alkyl halides is 4. The molecule has 4 N–H and O–H groups in total. The zero-order chi connectivity index (χ0) is 47.5. The van der Waals surface area contributed by atoms with Gasteiger partial charge in [0.2, 0.25) is 0 Å². The molecule has 6 aromatic rings. The molecule has 2 aliphatic heterocycles. The van der Waals surface area contributed by atoms with Crippen LogP contribution in [-0.4, -0.2) is 107 Å². The Kier molecular flexibility index (Phi) is 14.2. The summed E-state index contributed by atoms with van der Waals surface area (Å²) in [6.45, 7) is -4.43. The third-order valence-corrected chi connectivity index (χ3v) is 12.0. The highest BCUT2D eigenvalue weighted by atomic mass is 79.9. The molecule has 16 nitrogen and oxygen atoms in total. The number of hydrogen-bond donors (Lipinski definition) is 4. The Bertz CT molecular complexity index is 2730. The summed E-state index contributed by atoms with van der Waals surface area (Å²) >= 11 is 3.15. The number of aliphatic hydroxyl groups is 2. The molecule has 0 bridgehead atoms. The number of fused-ring (bicyclic) bond motifs is 2. The van der Waals surface area contributed by atoms with Gasteiger partial charge in [-0.25, -0.2) is 9.97 Å². The lowest BCUT2D eigenvalue weighted by atomic mass is 9.94. The Hall–Kier alpha value is -6.00. The van der Waals surface area contributed by atoms with Gasteiger partial charge in [0, 0.05) is 73.0 Å². The zero-order valence-corrected chi connectivity index (χ0v) is 37.8. The summed E-state index contributed by atoms with van der Waals surface area (Å²) in [5.41, 5.74) is 2.08. The highest BCUT2D eigenvalue weighted by Crippen LogP contribution is 2.39. The van der Waals surface area contributed by atoms with Crippen molar-refractivity contribution in [2.24, 2.45) is 0 Å². The standard InChI is InChI=1S/C23H23F2N3O5.C12H12BrF2NO3.C11H12N2O2/c1-31-17-8-13(9-18(33-22(24)25)20(17)21(29)27-15-2-3-15)16-11-26-19-10-14(4-6-28(16)19)23(30)5-7-32-12-23;1-18-8-4-6(13)5-9(19-12(14)15)10(8)11(17)16-7-2-3-7;14-11(2-6-15-8-11)9-1-4-13-5-3-12-10(13)7-9/h4,6,8-11,15,22,30H,2-3,5,7,12H2,1H3,(H,27,29);4-5,7,12H,2-3H2,1H3,(H,16,17);1,3-5,7,14H,2,6,8H2. The van der Waals surface area contributed by atoms with E-state index in [0.717, 1.165) is 36.9 Å². The first-order valence-electron chi connectivity index (χ1n) is 21.3. The zero-order valence-electron chi connectivity index (χ0n) is 36.2. The van der Waals surface area contributed by atoms with E-state index in [-0.39, 0.29) is 52.8 Å². The van der Waals surface area contributed by atoms with Crippen LogP contribution in [0.5, 0.6) is 23.0 Å². The van der Waals surface area contributed by atoms with Gasteiger partial charge < -0.3 is 53.7 Å². The Morgan fingerprint density at radius 1 is 0.731 bits per heavy atom. The molecule has 67 heavy (non-hydrogen) atoms. The Morgan fingerprint density at radius 3 is 1.76 bits per heavy atom. The van der Waals surface area contributed by atoms with Gasteiger partial charge in [-0.15, -0.1) is 0 Å². The minimum atomic E-state index is -3.11. The van der Waals surface area contributed by atoms with Crippen molar-refractivity contribution in [1.29, 1.82) is 0 Å². The van der Waals surface area contributed by atoms with E-state index in [1.165, 1.54) is 32.4 Å². The van der Waals surface area contributed by atoms with E-state index in [4.69, 9.17) is 23.7 Å². The minimum Gasteiger partial charge on any atom is -0.496 e. The van der Waals surface area contributed by atoms with Gasteiger partial charge in [-0.3, -0.25) is 14.0 Å². The first-order valence-corrected chi connectivity index (χ1v) is 22.1. The van der Waals surface area contributed by atoms with Crippen molar-refractivity contribution in [3.05, 3.63) is 106 Å². The van der Waals surface area contributed by atoms with Crippen molar-refractivity contribution < 1.29 is 65.8 Å². The number of ether oxygens (including phenoxy) is 6. The predicted octanol–water partition coefficient (Wildman–Crippen LogP) is 7.00. The van der Waals surface area contributed by atoms with Crippen molar-refractivity contribution in [2.75, 3.05) is 40.6 Å². The predicted molar refractivity (Wildman–Crippen MR) is 236 cm³/mol. The van der Waals surface area contributed by atoms with Crippen molar-refractivity contribution in [2.45, 2.75) is 75.0 Å². The summed E-state index contributed by atoms with van der Waals surface area (Å²) in [6, 6.07) is 13.3. The van der Waals surface area contributed by atoms with Gasteiger partial charge in [0.15, 0.2) is 0 Å². The summed E-state index contributed by atoms with van der Waals surface area (Å²) in [5.74, 6) is -1.18. The summed E-state index contributed by atoms with van der Waals surface area (Å²) in [7, 11) is 2.73. The second kappa shape index (κ2) is 20.1. The minimum absolute atomic E-state index is 0.0158. The number of rotatable bonds is 13. The Balaban J connectivity index is 0.000000151. The average Bonchev–Trinajstić information content (AvgIpc) is 4.02. The maximum Gasteiger partial charge on any atom is 0.387 e. The molecule has 2 amide bonds. The molecule has 2 saturated heterocycles. The van der Waals surface area contributed by atoms with E-state index in [1.807, 2.05) is 28.9 Å². The second-order valence-electron chi connectivity index (χ2n) is 16.3. The SMILES string of the molecule is COc1cc(-c2cnc3cc(C4(O)CCOC4)ccn23)cc(OC(F)F)c1C(=O)NC1CC1.COc1cc(Br)cc(OC(F)F)c1C(=O)NC1CC1.OC1(c2ccn3ccnc3c2)CCOC1. The number of methoxy groups -OCH3 is 2.